The maximum atomic E-state index is 14.9. The van der Waals surface area contributed by atoms with E-state index in [0.29, 0.717) is 47.5 Å². The minimum absolute atomic E-state index is 0.1000. The summed E-state index contributed by atoms with van der Waals surface area (Å²) < 4.78 is 0. The van der Waals surface area contributed by atoms with Gasteiger partial charge in [0.15, 0.2) is 0 Å². The lowest BCUT2D eigenvalue weighted by Gasteiger charge is -2.29. The highest BCUT2D eigenvalue weighted by Crippen LogP contribution is 2.50. The van der Waals surface area contributed by atoms with Gasteiger partial charge in [-0.25, -0.2) is 0 Å². The monoisotopic (exact) mass is 708 g/mol. The fraction of sp³-hybridized carbons (Fsp3) is 0.381. The molecule has 2 aromatic carbocycles. The first-order chi connectivity index (χ1) is 24.3. The second kappa shape index (κ2) is 15.8. The number of rotatable bonds is 16. The first kappa shape index (κ1) is 35.7. The number of hydrogen-bond donors (Lipinski definition) is 2. The highest BCUT2D eigenvalue weighted by molar-refractivity contribution is 7.17. The van der Waals surface area contributed by atoms with Gasteiger partial charge >= 0.3 is 0 Å². The van der Waals surface area contributed by atoms with E-state index in [1.807, 2.05) is 58.3 Å². The van der Waals surface area contributed by atoms with Crippen molar-refractivity contribution in [2.24, 2.45) is 11.8 Å². The Balaban J connectivity index is 1.52. The van der Waals surface area contributed by atoms with Gasteiger partial charge in [0.05, 0.1) is 32.3 Å². The molecule has 2 atom stereocenters. The van der Waals surface area contributed by atoms with Gasteiger partial charge in [0.2, 0.25) is 0 Å². The minimum atomic E-state index is -0.1000. The molecule has 0 fully saturated rings. The zero-order valence-corrected chi connectivity index (χ0v) is 31.2. The normalized spacial score (nSPS) is 15.8. The summed E-state index contributed by atoms with van der Waals surface area (Å²) in [4.78, 5) is 37.4. The van der Waals surface area contributed by atoms with E-state index in [-0.39, 0.29) is 23.3 Å². The van der Waals surface area contributed by atoms with Gasteiger partial charge in [0.1, 0.15) is 11.5 Å². The number of unbranched alkanes of at least 4 members (excludes halogenated alkanes) is 2. The van der Waals surface area contributed by atoms with E-state index < -0.39 is 0 Å². The van der Waals surface area contributed by atoms with Crippen LogP contribution in [0.2, 0.25) is 0 Å². The van der Waals surface area contributed by atoms with Crippen molar-refractivity contribution in [3.8, 4) is 32.4 Å². The lowest BCUT2D eigenvalue weighted by Crippen LogP contribution is -2.34. The van der Waals surface area contributed by atoms with Crippen LogP contribution in [0.4, 0.5) is 0 Å². The Bertz CT molecular complexity index is 1780. The van der Waals surface area contributed by atoms with Crippen LogP contribution in [0.15, 0.2) is 83.9 Å². The molecular formula is C42H48N2O4S2. The van der Waals surface area contributed by atoms with E-state index in [0.717, 1.165) is 82.0 Å². The van der Waals surface area contributed by atoms with Gasteiger partial charge in [-0.05, 0) is 84.3 Å². The van der Waals surface area contributed by atoms with Crippen LogP contribution < -0.4 is 0 Å². The number of phenols is 2. The Labute approximate surface area is 304 Å². The molecule has 0 bridgehead atoms. The Morgan fingerprint density at radius 3 is 1.34 bits per heavy atom. The molecule has 4 aromatic rings. The van der Waals surface area contributed by atoms with Crippen LogP contribution >= 0.6 is 22.7 Å². The second-order valence-electron chi connectivity index (χ2n) is 13.5. The molecule has 0 radical (unpaired) electrons. The standard InChI is InChI=1S/C42H48N2O4S2/c1-5-9-13-27(7-3)25-43-39(35-21-19-33(49-35)29-15-11-17-31(45)23-29)37-38(41(43)47)40(44(42(37)48)26-28(8-4)14-10-6-2)36-22-20-34(50-36)30-16-12-18-32(46)24-30/h11-12,15-24,27-28,45-46H,5-10,13-14,25-26H2,1-4H3. The molecule has 0 saturated heterocycles. The maximum absolute atomic E-state index is 14.9. The molecule has 2 N–H and O–H groups in total. The van der Waals surface area contributed by atoms with E-state index in [1.165, 1.54) is 0 Å². The van der Waals surface area contributed by atoms with Crippen LogP contribution in [-0.4, -0.2) is 44.9 Å². The van der Waals surface area contributed by atoms with Crippen LogP contribution in [-0.2, 0) is 9.59 Å². The molecule has 2 aromatic heterocycles. The van der Waals surface area contributed by atoms with E-state index in [4.69, 9.17) is 0 Å². The Morgan fingerprint density at radius 1 is 0.580 bits per heavy atom. The van der Waals surface area contributed by atoms with Gasteiger partial charge in [0, 0.05) is 22.8 Å². The third-order valence-corrected chi connectivity index (χ3v) is 12.4. The molecule has 2 unspecified atom stereocenters. The summed E-state index contributed by atoms with van der Waals surface area (Å²) in [5.74, 6) is 0.822. The fourth-order valence-corrected chi connectivity index (χ4v) is 9.29. The third-order valence-electron chi connectivity index (χ3n) is 10.1. The van der Waals surface area contributed by atoms with E-state index >= 15 is 0 Å². The molecule has 0 aliphatic carbocycles. The van der Waals surface area contributed by atoms with E-state index in [9.17, 15) is 19.8 Å². The smallest absolute Gasteiger partial charge is 0.261 e. The van der Waals surface area contributed by atoms with Crippen molar-refractivity contribution in [1.82, 2.24) is 9.80 Å². The van der Waals surface area contributed by atoms with Gasteiger partial charge in [-0.2, -0.15) is 0 Å². The number of benzene rings is 2. The zero-order chi connectivity index (χ0) is 35.4. The molecule has 6 rings (SSSR count). The zero-order valence-electron chi connectivity index (χ0n) is 29.6. The van der Waals surface area contributed by atoms with Crippen molar-refractivity contribution in [3.05, 3.63) is 93.7 Å². The highest BCUT2D eigenvalue weighted by Gasteiger charge is 2.50. The lowest BCUT2D eigenvalue weighted by atomic mass is 9.98. The molecule has 2 amide bonds. The van der Waals surface area contributed by atoms with Crippen LogP contribution in [0.3, 0.4) is 0 Å². The summed E-state index contributed by atoms with van der Waals surface area (Å²) in [5.41, 5.74) is 4.25. The van der Waals surface area contributed by atoms with Gasteiger partial charge < -0.3 is 20.0 Å². The first-order valence-electron chi connectivity index (χ1n) is 18.2. The quantitative estimate of drug-likeness (QED) is 0.121. The molecule has 0 saturated carbocycles. The number of aromatic hydroxyl groups is 2. The number of carbonyl (C=O) groups is 2. The summed E-state index contributed by atoms with van der Waals surface area (Å²) in [7, 11) is 0. The van der Waals surface area contributed by atoms with Gasteiger partial charge in [-0.1, -0.05) is 90.5 Å². The van der Waals surface area contributed by atoms with Crippen LogP contribution in [0.25, 0.3) is 32.3 Å². The maximum Gasteiger partial charge on any atom is 0.261 e. The largest absolute Gasteiger partial charge is 0.508 e. The number of hydrogen-bond acceptors (Lipinski definition) is 6. The molecule has 6 nitrogen and oxygen atoms in total. The molecule has 8 heteroatoms. The molecule has 262 valence electrons. The van der Waals surface area contributed by atoms with Crippen molar-refractivity contribution in [1.29, 1.82) is 0 Å². The van der Waals surface area contributed by atoms with Crippen LogP contribution in [0.1, 0.15) is 88.8 Å². The molecule has 2 aliphatic heterocycles. The number of thiophene rings is 2. The Kier molecular flexibility index (Phi) is 11.3. The summed E-state index contributed by atoms with van der Waals surface area (Å²) in [6.45, 7) is 9.89. The number of carbonyl (C=O) groups excluding carboxylic acids is 2. The lowest BCUT2D eigenvalue weighted by molar-refractivity contribution is -0.124. The molecule has 2 aliphatic rings. The first-order valence-corrected chi connectivity index (χ1v) is 19.8. The van der Waals surface area contributed by atoms with Crippen LogP contribution in [0, 0.1) is 11.8 Å². The summed E-state index contributed by atoms with van der Waals surface area (Å²) >= 11 is 3.11. The summed E-state index contributed by atoms with van der Waals surface area (Å²) in [6, 6.07) is 22.5. The highest BCUT2D eigenvalue weighted by atomic mass is 32.1. The number of amides is 2. The fourth-order valence-electron chi connectivity index (χ4n) is 7.17. The average Bonchev–Trinajstić information content (AvgIpc) is 3.91. The predicted molar refractivity (Wildman–Crippen MR) is 207 cm³/mol. The second-order valence-corrected chi connectivity index (χ2v) is 15.7. The molecular weight excluding hydrogens is 661 g/mol. The van der Waals surface area contributed by atoms with Gasteiger partial charge in [0.25, 0.3) is 11.8 Å². The Morgan fingerprint density at radius 2 is 0.980 bits per heavy atom. The van der Waals surface area contributed by atoms with E-state index in [2.05, 4.69) is 27.7 Å². The molecule has 50 heavy (non-hydrogen) atoms. The molecule has 4 heterocycles. The van der Waals surface area contributed by atoms with Crippen molar-refractivity contribution < 1.29 is 19.8 Å². The van der Waals surface area contributed by atoms with Crippen molar-refractivity contribution in [3.63, 3.8) is 0 Å². The average molecular weight is 709 g/mol. The third kappa shape index (κ3) is 7.19. The Hall–Kier alpha value is -4.14. The molecule has 0 spiro atoms. The predicted octanol–water partition coefficient (Wildman–Crippen LogP) is 10.8. The SMILES string of the molecule is CCCCC(CC)CN1C(=O)C2=C(c3ccc(-c4cccc(O)c4)s3)N(CC(CC)CCCC)C(=O)C2=C1c1ccc(-c2cccc(O)c2)s1. The van der Waals surface area contributed by atoms with Crippen molar-refractivity contribution >= 4 is 45.9 Å². The van der Waals surface area contributed by atoms with Gasteiger partial charge in [-0.3, -0.25) is 9.59 Å². The summed E-state index contributed by atoms with van der Waals surface area (Å²) in [5, 5.41) is 20.4. The van der Waals surface area contributed by atoms with Crippen molar-refractivity contribution in [2.45, 2.75) is 79.1 Å². The van der Waals surface area contributed by atoms with Gasteiger partial charge in [-0.15, -0.1) is 22.7 Å². The summed E-state index contributed by atoms with van der Waals surface area (Å²) in [6.07, 6.45) is 8.33. The van der Waals surface area contributed by atoms with Crippen LogP contribution in [0.5, 0.6) is 11.5 Å². The minimum Gasteiger partial charge on any atom is -0.508 e. The number of nitrogens with zero attached hydrogens (tertiary/aromatic N) is 2. The van der Waals surface area contributed by atoms with Crippen molar-refractivity contribution in [2.75, 3.05) is 13.1 Å². The topological polar surface area (TPSA) is 81.1 Å². The van der Waals surface area contributed by atoms with E-state index in [1.54, 1.807) is 46.9 Å². The number of phenolic OH excluding ortho intramolecular Hbond substituents is 2. The number of fused-ring (bicyclic) bond motifs is 1.